The van der Waals surface area contributed by atoms with Crippen molar-refractivity contribution >= 4 is 10.4 Å². The average molecular weight is 386 g/mol. The molecule has 0 aliphatic rings. The largest absolute Gasteiger partial charge is 1.00 e. The van der Waals surface area contributed by atoms with Gasteiger partial charge in [0.25, 0.3) is 5.97 Å². The molecular weight excluding hydrogens is 351 g/mol. The molecule has 0 bridgehead atoms. The van der Waals surface area contributed by atoms with Gasteiger partial charge in [-0.15, -0.1) is 0 Å². The van der Waals surface area contributed by atoms with Crippen LogP contribution in [0.4, 0.5) is 0 Å². The van der Waals surface area contributed by atoms with Gasteiger partial charge in [-0.05, 0) is 6.42 Å². The maximum Gasteiger partial charge on any atom is 1.00 e. The summed E-state index contributed by atoms with van der Waals surface area (Å²) in [7, 11) is -4.67. The first kappa shape index (κ1) is 32.4. The van der Waals surface area contributed by atoms with Crippen LogP contribution in [0.5, 0.6) is 0 Å². The SMILES string of the molecule is CCCCCCCCCCCCCC(O)(O)O.O.O=S(=O)(O)O.[H-].[Na+]. The van der Waals surface area contributed by atoms with Crippen LogP contribution < -0.4 is 29.6 Å². The Morgan fingerprint density at radius 3 is 1.25 bits per heavy atom. The third-order valence-corrected chi connectivity index (χ3v) is 3.12. The first-order valence-corrected chi connectivity index (χ1v) is 9.33. The van der Waals surface area contributed by atoms with E-state index in [-0.39, 0.29) is 42.9 Å². The molecule has 0 aliphatic heterocycles. The molecule has 0 radical (unpaired) electrons. The van der Waals surface area contributed by atoms with Gasteiger partial charge in [-0.1, -0.05) is 71.1 Å². The Kier molecular flexibility index (Phi) is 27.0. The Hall–Kier alpha value is 0.710. The molecule has 24 heavy (non-hydrogen) atoms. The van der Waals surface area contributed by atoms with E-state index in [1.807, 2.05) is 0 Å². The number of hydrogen-bond donors (Lipinski definition) is 5. The Bertz CT molecular complexity index is 328. The minimum Gasteiger partial charge on any atom is -1.00 e. The van der Waals surface area contributed by atoms with Crippen LogP contribution in [0.1, 0.15) is 85.4 Å². The predicted molar refractivity (Wildman–Crippen MR) is 89.4 cm³/mol. The molecule has 0 atom stereocenters. The topological polar surface area (TPSA) is 167 Å². The number of unbranched alkanes of at least 4 members (excludes halogenated alkanes) is 10. The van der Waals surface area contributed by atoms with Crippen molar-refractivity contribution in [3.63, 3.8) is 0 Å². The van der Waals surface area contributed by atoms with Crippen molar-refractivity contribution in [1.82, 2.24) is 0 Å². The third-order valence-electron chi connectivity index (χ3n) is 3.12. The van der Waals surface area contributed by atoms with Crippen molar-refractivity contribution in [3.05, 3.63) is 0 Å². The van der Waals surface area contributed by atoms with Gasteiger partial charge in [0.15, 0.2) is 0 Å². The molecule has 0 fully saturated rings. The Morgan fingerprint density at radius 2 is 1.00 bits per heavy atom. The standard InChI is InChI=1S/C14H30O3.Na.H2O4S.H2O.H/c1-2-3-4-5-6-7-8-9-10-11-12-13-14(15,16)17;;1-5(2,3)4;;/h15-17H,2-13H2,1H3;;(H2,1,2,3,4);1H2;/q;+1;;;-1. The summed E-state index contributed by atoms with van der Waals surface area (Å²) in [5, 5.41) is 26.0. The molecule has 10 heteroatoms. The Balaban J connectivity index is -0.000000147. The summed E-state index contributed by atoms with van der Waals surface area (Å²) in [5.41, 5.74) is 0. The summed E-state index contributed by atoms with van der Waals surface area (Å²) in [5.74, 6) is -2.46. The van der Waals surface area contributed by atoms with Gasteiger partial charge in [0.1, 0.15) is 0 Å². The average Bonchev–Trinajstić information content (AvgIpc) is 2.32. The van der Waals surface area contributed by atoms with Gasteiger partial charge < -0.3 is 22.2 Å². The van der Waals surface area contributed by atoms with E-state index >= 15 is 0 Å². The van der Waals surface area contributed by atoms with Crippen LogP contribution in [0.15, 0.2) is 0 Å². The fraction of sp³-hybridized carbons (Fsp3) is 1.00. The summed E-state index contributed by atoms with van der Waals surface area (Å²) in [6.45, 7) is 2.24. The smallest absolute Gasteiger partial charge is 1.00 e. The third kappa shape index (κ3) is 49.5. The minimum atomic E-state index is -4.67. The van der Waals surface area contributed by atoms with Crippen LogP contribution in [0.3, 0.4) is 0 Å². The molecule has 0 aromatic carbocycles. The first-order chi connectivity index (χ1) is 10.1. The van der Waals surface area contributed by atoms with E-state index in [4.69, 9.17) is 32.8 Å². The van der Waals surface area contributed by atoms with E-state index in [2.05, 4.69) is 6.92 Å². The molecule has 0 saturated carbocycles. The molecular formula is C14H35NaO8S. The van der Waals surface area contributed by atoms with Crippen molar-refractivity contribution in [2.75, 3.05) is 0 Å². The second kappa shape index (κ2) is 20.0. The van der Waals surface area contributed by atoms with Gasteiger partial charge >= 0.3 is 40.0 Å². The van der Waals surface area contributed by atoms with Gasteiger partial charge in [-0.3, -0.25) is 9.11 Å². The maximum absolute atomic E-state index is 8.74. The molecule has 146 valence electrons. The summed E-state index contributed by atoms with van der Waals surface area (Å²) in [4.78, 5) is 0. The number of aliphatic hydroxyl groups is 3. The maximum atomic E-state index is 8.74. The summed E-state index contributed by atoms with van der Waals surface area (Å²) < 4.78 is 31.6. The zero-order chi connectivity index (χ0) is 17.5. The first-order valence-electron chi connectivity index (χ1n) is 7.93. The van der Waals surface area contributed by atoms with E-state index in [1.165, 1.54) is 51.4 Å². The number of rotatable bonds is 12. The fourth-order valence-corrected chi connectivity index (χ4v) is 2.03. The second-order valence-electron chi connectivity index (χ2n) is 5.51. The molecule has 0 amide bonds. The van der Waals surface area contributed by atoms with E-state index < -0.39 is 16.4 Å². The van der Waals surface area contributed by atoms with E-state index in [1.54, 1.807) is 0 Å². The van der Waals surface area contributed by atoms with Crippen molar-refractivity contribution in [2.24, 2.45) is 0 Å². The molecule has 0 unspecified atom stereocenters. The van der Waals surface area contributed by atoms with Crippen LogP contribution in [0.25, 0.3) is 0 Å². The van der Waals surface area contributed by atoms with Crippen LogP contribution >= 0.6 is 0 Å². The van der Waals surface area contributed by atoms with Crippen LogP contribution in [0.2, 0.25) is 0 Å². The molecule has 0 aliphatic carbocycles. The van der Waals surface area contributed by atoms with Crippen LogP contribution in [-0.2, 0) is 10.4 Å². The molecule has 0 rings (SSSR count). The zero-order valence-corrected chi connectivity index (χ0v) is 17.8. The summed E-state index contributed by atoms with van der Waals surface area (Å²) in [6.07, 6.45) is 13.5. The quantitative estimate of drug-likeness (QED) is 0.123. The summed E-state index contributed by atoms with van der Waals surface area (Å²) in [6, 6.07) is 0. The Morgan fingerprint density at radius 1 is 0.750 bits per heavy atom. The molecule has 8 nitrogen and oxygen atoms in total. The van der Waals surface area contributed by atoms with E-state index in [0.29, 0.717) is 6.42 Å². The minimum absolute atomic E-state index is 0. The number of hydrogen-bond acceptors (Lipinski definition) is 5. The fourth-order valence-electron chi connectivity index (χ4n) is 2.03. The predicted octanol–water partition coefficient (Wildman–Crippen LogP) is -1.04. The molecule has 0 heterocycles. The van der Waals surface area contributed by atoms with Crippen LogP contribution in [-0.4, -0.2) is 44.3 Å². The van der Waals surface area contributed by atoms with Gasteiger partial charge in [0, 0.05) is 6.42 Å². The molecule has 0 spiro atoms. The van der Waals surface area contributed by atoms with Gasteiger partial charge in [-0.25, -0.2) is 0 Å². The molecule has 0 aromatic rings. The van der Waals surface area contributed by atoms with E-state index in [9.17, 15) is 0 Å². The van der Waals surface area contributed by atoms with Gasteiger partial charge in [0.2, 0.25) is 0 Å². The normalized spacial score (nSPS) is 10.9. The van der Waals surface area contributed by atoms with Crippen LogP contribution in [0, 0.1) is 0 Å². The Labute approximate surface area is 169 Å². The molecule has 7 N–H and O–H groups in total. The molecule has 0 saturated heterocycles. The second-order valence-corrected chi connectivity index (χ2v) is 6.40. The van der Waals surface area contributed by atoms with E-state index in [0.717, 1.165) is 12.8 Å². The zero-order valence-electron chi connectivity index (χ0n) is 15.9. The summed E-state index contributed by atoms with van der Waals surface area (Å²) >= 11 is 0. The monoisotopic (exact) mass is 386 g/mol. The van der Waals surface area contributed by atoms with Crippen molar-refractivity contribution in [2.45, 2.75) is 89.9 Å². The van der Waals surface area contributed by atoms with Crippen molar-refractivity contribution in [3.8, 4) is 0 Å². The molecule has 0 aromatic heterocycles. The van der Waals surface area contributed by atoms with Gasteiger partial charge in [-0.2, -0.15) is 8.42 Å². The van der Waals surface area contributed by atoms with Crippen molar-refractivity contribution in [1.29, 1.82) is 0 Å². The van der Waals surface area contributed by atoms with Crippen molar-refractivity contribution < 1.29 is 69.3 Å². The van der Waals surface area contributed by atoms with Gasteiger partial charge in [0.05, 0.1) is 0 Å².